The summed E-state index contributed by atoms with van der Waals surface area (Å²) >= 11 is 0. The predicted octanol–water partition coefficient (Wildman–Crippen LogP) is 3.63. The zero-order valence-electron chi connectivity index (χ0n) is 12.3. The monoisotopic (exact) mass is 316 g/mol. The molecule has 1 aliphatic rings. The molecule has 0 bridgehead atoms. The molecule has 5 heteroatoms. The van der Waals surface area contributed by atoms with Crippen molar-refractivity contribution in [3.05, 3.63) is 76.9 Å². The SMILES string of the molecule is O=C1c2[nH]c3ccccc3c2C(=O)c2cnc3cc(F)ccc3c21. The summed E-state index contributed by atoms with van der Waals surface area (Å²) in [7, 11) is 0. The Balaban J connectivity index is 1.90. The molecule has 114 valence electrons. The Morgan fingerprint density at radius 2 is 1.75 bits per heavy atom. The van der Waals surface area contributed by atoms with Gasteiger partial charge in [0, 0.05) is 34.1 Å². The topological polar surface area (TPSA) is 62.8 Å². The number of hydrogen-bond acceptors (Lipinski definition) is 3. The van der Waals surface area contributed by atoms with Crippen molar-refractivity contribution in [2.75, 3.05) is 0 Å². The van der Waals surface area contributed by atoms with Gasteiger partial charge in [0.25, 0.3) is 0 Å². The lowest BCUT2D eigenvalue weighted by atomic mass is 9.86. The quantitative estimate of drug-likeness (QED) is 0.474. The van der Waals surface area contributed by atoms with E-state index in [-0.39, 0.29) is 28.4 Å². The number of pyridine rings is 1. The molecule has 0 saturated carbocycles. The second kappa shape index (κ2) is 4.35. The Morgan fingerprint density at radius 3 is 2.62 bits per heavy atom. The van der Waals surface area contributed by atoms with Crippen LogP contribution in [0.2, 0.25) is 0 Å². The summed E-state index contributed by atoms with van der Waals surface area (Å²) in [5.41, 5.74) is 2.30. The van der Waals surface area contributed by atoms with E-state index in [1.807, 2.05) is 24.3 Å². The normalized spacial score (nSPS) is 13.4. The van der Waals surface area contributed by atoms with E-state index in [0.29, 0.717) is 16.5 Å². The summed E-state index contributed by atoms with van der Waals surface area (Å²) in [6.07, 6.45) is 1.36. The average Bonchev–Trinajstić information content (AvgIpc) is 2.98. The van der Waals surface area contributed by atoms with Crippen molar-refractivity contribution in [1.29, 1.82) is 0 Å². The number of H-pyrrole nitrogens is 1. The van der Waals surface area contributed by atoms with Crippen molar-refractivity contribution in [3.63, 3.8) is 0 Å². The van der Waals surface area contributed by atoms with Crippen LogP contribution in [0.1, 0.15) is 32.0 Å². The van der Waals surface area contributed by atoms with Gasteiger partial charge in [-0.15, -0.1) is 0 Å². The maximum Gasteiger partial charge on any atom is 0.211 e. The second-order valence-electron chi connectivity index (χ2n) is 5.79. The summed E-state index contributed by atoms with van der Waals surface area (Å²) in [4.78, 5) is 33.2. The van der Waals surface area contributed by atoms with Crippen molar-refractivity contribution >= 4 is 33.4 Å². The molecule has 1 aliphatic carbocycles. The molecule has 2 aromatic heterocycles. The van der Waals surface area contributed by atoms with E-state index in [0.717, 1.165) is 10.9 Å². The van der Waals surface area contributed by atoms with Crippen molar-refractivity contribution in [1.82, 2.24) is 9.97 Å². The maximum atomic E-state index is 13.4. The van der Waals surface area contributed by atoms with Crippen LogP contribution in [-0.4, -0.2) is 21.5 Å². The van der Waals surface area contributed by atoms with E-state index in [1.165, 1.54) is 24.4 Å². The highest BCUT2D eigenvalue weighted by Gasteiger charge is 2.34. The first-order valence-electron chi connectivity index (χ1n) is 7.43. The highest BCUT2D eigenvalue weighted by molar-refractivity contribution is 6.34. The minimum absolute atomic E-state index is 0.240. The van der Waals surface area contributed by atoms with E-state index in [4.69, 9.17) is 0 Å². The predicted molar refractivity (Wildman–Crippen MR) is 86.9 cm³/mol. The number of carbonyl (C=O) groups is 2. The first-order valence-corrected chi connectivity index (χ1v) is 7.43. The number of fused-ring (bicyclic) bond motifs is 6. The lowest BCUT2D eigenvalue weighted by Crippen LogP contribution is -2.21. The Morgan fingerprint density at radius 1 is 0.917 bits per heavy atom. The van der Waals surface area contributed by atoms with Crippen molar-refractivity contribution in [3.8, 4) is 0 Å². The standard InChI is InChI=1S/C19H9FN2O2/c20-9-5-6-11-14(7-9)21-8-12-15(11)19(24)17-16(18(12)23)10-3-1-2-4-13(10)22-17/h1-8,22H. The number of halogens is 1. The molecule has 0 amide bonds. The van der Waals surface area contributed by atoms with Crippen LogP contribution in [-0.2, 0) is 0 Å². The maximum absolute atomic E-state index is 13.4. The summed E-state index contributed by atoms with van der Waals surface area (Å²) in [6, 6.07) is 11.3. The van der Waals surface area contributed by atoms with Crippen molar-refractivity contribution in [2.24, 2.45) is 0 Å². The van der Waals surface area contributed by atoms with Gasteiger partial charge in [0.15, 0.2) is 5.78 Å². The van der Waals surface area contributed by atoms with Gasteiger partial charge >= 0.3 is 0 Å². The minimum Gasteiger partial charge on any atom is -0.351 e. The number of nitrogens with one attached hydrogen (secondary N) is 1. The molecule has 0 saturated heterocycles. The molecular weight excluding hydrogens is 307 g/mol. The van der Waals surface area contributed by atoms with Crippen LogP contribution in [0.5, 0.6) is 0 Å². The first kappa shape index (κ1) is 13.1. The highest BCUT2D eigenvalue weighted by Crippen LogP contribution is 2.35. The Bertz CT molecular complexity index is 1210. The van der Waals surface area contributed by atoms with Gasteiger partial charge in [-0.3, -0.25) is 14.6 Å². The lowest BCUT2D eigenvalue weighted by Gasteiger charge is -2.16. The number of para-hydroxylation sites is 1. The zero-order valence-corrected chi connectivity index (χ0v) is 12.3. The number of aromatic amines is 1. The molecule has 5 rings (SSSR count). The van der Waals surface area contributed by atoms with Gasteiger partial charge in [0.1, 0.15) is 5.82 Å². The third-order valence-electron chi connectivity index (χ3n) is 4.46. The molecule has 1 N–H and O–H groups in total. The van der Waals surface area contributed by atoms with Crippen molar-refractivity contribution < 1.29 is 14.0 Å². The molecule has 0 radical (unpaired) electrons. The minimum atomic E-state index is -0.434. The largest absolute Gasteiger partial charge is 0.351 e. The fourth-order valence-corrected chi connectivity index (χ4v) is 3.39. The van der Waals surface area contributed by atoms with E-state index < -0.39 is 5.82 Å². The fraction of sp³-hybridized carbons (Fsp3) is 0. The van der Waals surface area contributed by atoms with Crippen LogP contribution >= 0.6 is 0 Å². The summed E-state index contributed by atoms with van der Waals surface area (Å²) in [5, 5.41) is 1.20. The van der Waals surface area contributed by atoms with Gasteiger partial charge in [0.05, 0.1) is 22.3 Å². The van der Waals surface area contributed by atoms with Crippen LogP contribution in [0.15, 0.2) is 48.7 Å². The number of nitrogens with zero attached hydrogens (tertiary/aromatic N) is 1. The molecule has 0 fully saturated rings. The summed E-state index contributed by atoms with van der Waals surface area (Å²) < 4.78 is 13.4. The van der Waals surface area contributed by atoms with Crippen LogP contribution in [0.25, 0.3) is 21.8 Å². The Labute approximate surface area is 134 Å². The third-order valence-corrected chi connectivity index (χ3v) is 4.46. The van der Waals surface area contributed by atoms with Gasteiger partial charge in [-0.1, -0.05) is 18.2 Å². The Kier molecular flexibility index (Phi) is 2.38. The van der Waals surface area contributed by atoms with Crippen LogP contribution < -0.4 is 0 Å². The van der Waals surface area contributed by atoms with Gasteiger partial charge in [-0.05, 0) is 18.2 Å². The second-order valence-corrected chi connectivity index (χ2v) is 5.79. The smallest absolute Gasteiger partial charge is 0.211 e. The molecular formula is C19H9FN2O2. The van der Waals surface area contributed by atoms with E-state index in [2.05, 4.69) is 9.97 Å². The average molecular weight is 316 g/mol. The summed E-state index contributed by atoms with van der Waals surface area (Å²) in [6.45, 7) is 0. The molecule has 2 heterocycles. The van der Waals surface area contributed by atoms with E-state index in [9.17, 15) is 14.0 Å². The molecule has 4 aromatic rings. The summed E-state index contributed by atoms with van der Waals surface area (Å²) in [5.74, 6) is -0.943. The van der Waals surface area contributed by atoms with Crippen LogP contribution in [0.4, 0.5) is 4.39 Å². The number of rotatable bonds is 0. The zero-order chi connectivity index (χ0) is 16.4. The molecule has 0 unspecified atom stereocenters. The molecule has 0 atom stereocenters. The Hall–Kier alpha value is -3.34. The molecule has 4 nitrogen and oxygen atoms in total. The van der Waals surface area contributed by atoms with Gasteiger partial charge in [0.2, 0.25) is 5.78 Å². The van der Waals surface area contributed by atoms with Gasteiger partial charge in [-0.25, -0.2) is 4.39 Å². The van der Waals surface area contributed by atoms with E-state index >= 15 is 0 Å². The molecule has 24 heavy (non-hydrogen) atoms. The van der Waals surface area contributed by atoms with Gasteiger partial charge < -0.3 is 4.98 Å². The van der Waals surface area contributed by atoms with Crippen molar-refractivity contribution in [2.45, 2.75) is 0 Å². The van der Waals surface area contributed by atoms with Crippen LogP contribution in [0.3, 0.4) is 0 Å². The highest BCUT2D eigenvalue weighted by atomic mass is 19.1. The number of aromatic nitrogens is 2. The number of hydrogen-bond donors (Lipinski definition) is 1. The molecule has 0 aliphatic heterocycles. The number of ketones is 2. The van der Waals surface area contributed by atoms with Crippen LogP contribution in [0, 0.1) is 5.82 Å². The molecule has 2 aromatic carbocycles. The molecule has 0 spiro atoms. The fourth-order valence-electron chi connectivity index (χ4n) is 3.39. The first-order chi connectivity index (χ1) is 11.6. The third kappa shape index (κ3) is 1.53. The lowest BCUT2D eigenvalue weighted by molar-refractivity contribution is 0.0979. The number of benzene rings is 2. The van der Waals surface area contributed by atoms with Gasteiger partial charge in [-0.2, -0.15) is 0 Å². The van der Waals surface area contributed by atoms with E-state index in [1.54, 1.807) is 0 Å². The number of carbonyl (C=O) groups excluding carboxylic acids is 2.